The van der Waals surface area contributed by atoms with Crippen LogP contribution in [0.1, 0.15) is 25.3 Å². The number of rotatable bonds is 4. The molecule has 1 heterocycles. The fourth-order valence-corrected chi connectivity index (χ4v) is 2.58. The van der Waals surface area contributed by atoms with E-state index in [-0.39, 0.29) is 17.7 Å². The van der Waals surface area contributed by atoms with Crippen LogP contribution in [0.5, 0.6) is 5.75 Å². The Morgan fingerprint density at radius 1 is 1.33 bits per heavy atom. The van der Waals surface area contributed by atoms with E-state index >= 15 is 0 Å². The molecule has 2 amide bonds. The van der Waals surface area contributed by atoms with E-state index in [0.717, 1.165) is 5.56 Å². The predicted octanol–water partition coefficient (Wildman–Crippen LogP) is 1.49. The number of carbonyl (C=O) groups is 2. The van der Waals surface area contributed by atoms with E-state index < -0.39 is 6.10 Å². The van der Waals surface area contributed by atoms with Crippen molar-refractivity contribution in [2.75, 3.05) is 13.1 Å². The van der Waals surface area contributed by atoms with Crippen LogP contribution in [0.15, 0.2) is 24.3 Å². The average molecular weight is 290 g/mol. The van der Waals surface area contributed by atoms with Crippen LogP contribution < -0.4 is 10.5 Å². The molecule has 2 rings (SSSR count). The summed E-state index contributed by atoms with van der Waals surface area (Å²) in [5.41, 5.74) is 6.39. The summed E-state index contributed by atoms with van der Waals surface area (Å²) in [6.45, 7) is 4.86. The van der Waals surface area contributed by atoms with Crippen molar-refractivity contribution in [3.05, 3.63) is 29.8 Å². The van der Waals surface area contributed by atoms with Crippen LogP contribution in [0, 0.1) is 12.8 Å². The van der Waals surface area contributed by atoms with Crippen molar-refractivity contribution < 1.29 is 14.3 Å². The lowest BCUT2D eigenvalue weighted by Gasteiger charge is -2.32. The molecule has 2 N–H and O–H groups in total. The van der Waals surface area contributed by atoms with E-state index in [0.29, 0.717) is 31.7 Å². The molecule has 1 fully saturated rings. The molecule has 1 saturated heterocycles. The summed E-state index contributed by atoms with van der Waals surface area (Å²) in [4.78, 5) is 25.2. The van der Waals surface area contributed by atoms with Crippen LogP contribution in [0.3, 0.4) is 0 Å². The first-order valence-electron chi connectivity index (χ1n) is 7.29. The highest BCUT2D eigenvalue weighted by atomic mass is 16.5. The molecule has 0 saturated carbocycles. The van der Waals surface area contributed by atoms with Gasteiger partial charge in [0.1, 0.15) is 5.75 Å². The SMILES string of the molecule is Cc1cccc(O[C@H](C)C(=O)N2CCC(C(N)=O)CC2)c1. The number of hydrogen-bond acceptors (Lipinski definition) is 3. The van der Waals surface area contributed by atoms with Crippen LogP contribution in [-0.4, -0.2) is 35.9 Å². The van der Waals surface area contributed by atoms with Gasteiger partial charge in [0, 0.05) is 19.0 Å². The molecule has 0 radical (unpaired) electrons. The van der Waals surface area contributed by atoms with E-state index in [4.69, 9.17) is 10.5 Å². The lowest BCUT2D eigenvalue weighted by atomic mass is 9.96. The van der Waals surface area contributed by atoms with Crippen LogP contribution >= 0.6 is 0 Å². The van der Waals surface area contributed by atoms with Crippen molar-refractivity contribution in [2.24, 2.45) is 11.7 Å². The second-order valence-electron chi connectivity index (χ2n) is 5.58. The summed E-state index contributed by atoms with van der Waals surface area (Å²) in [7, 11) is 0. The molecular formula is C16H22N2O3. The van der Waals surface area contributed by atoms with Gasteiger partial charge in [-0.25, -0.2) is 0 Å². The van der Waals surface area contributed by atoms with Crippen molar-refractivity contribution in [1.29, 1.82) is 0 Å². The largest absolute Gasteiger partial charge is 0.481 e. The van der Waals surface area contributed by atoms with Crippen molar-refractivity contribution >= 4 is 11.8 Å². The summed E-state index contributed by atoms with van der Waals surface area (Å²) in [6.07, 6.45) is 0.744. The van der Waals surface area contributed by atoms with Crippen molar-refractivity contribution in [1.82, 2.24) is 4.90 Å². The molecule has 114 valence electrons. The number of carbonyl (C=O) groups excluding carboxylic acids is 2. The normalized spacial score (nSPS) is 17.3. The second-order valence-corrected chi connectivity index (χ2v) is 5.58. The highest BCUT2D eigenvalue weighted by molar-refractivity contribution is 5.82. The van der Waals surface area contributed by atoms with Gasteiger partial charge in [-0.05, 0) is 44.4 Å². The fraction of sp³-hybridized carbons (Fsp3) is 0.500. The van der Waals surface area contributed by atoms with Gasteiger partial charge in [0.2, 0.25) is 5.91 Å². The quantitative estimate of drug-likeness (QED) is 0.913. The number of hydrogen-bond donors (Lipinski definition) is 1. The molecule has 1 aromatic rings. The van der Waals surface area contributed by atoms with Gasteiger partial charge in [-0.2, -0.15) is 0 Å². The zero-order valence-corrected chi connectivity index (χ0v) is 12.5. The Kier molecular flexibility index (Phi) is 4.83. The van der Waals surface area contributed by atoms with Crippen molar-refractivity contribution in [3.63, 3.8) is 0 Å². The monoisotopic (exact) mass is 290 g/mol. The number of ether oxygens (including phenoxy) is 1. The summed E-state index contributed by atoms with van der Waals surface area (Å²) in [5, 5.41) is 0. The third kappa shape index (κ3) is 3.97. The summed E-state index contributed by atoms with van der Waals surface area (Å²) < 4.78 is 5.70. The van der Waals surface area contributed by atoms with Gasteiger partial charge >= 0.3 is 0 Å². The lowest BCUT2D eigenvalue weighted by Crippen LogP contribution is -2.46. The van der Waals surface area contributed by atoms with Gasteiger partial charge in [0.25, 0.3) is 5.91 Å². The van der Waals surface area contributed by atoms with Crippen molar-refractivity contribution in [2.45, 2.75) is 32.8 Å². The highest BCUT2D eigenvalue weighted by Crippen LogP contribution is 2.19. The number of amides is 2. The van der Waals surface area contributed by atoms with E-state index in [1.807, 2.05) is 31.2 Å². The van der Waals surface area contributed by atoms with Crippen molar-refractivity contribution in [3.8, 4) is 5.75 Å². The lowest BCUT2D eigenvalue weighted by molar-refractivity contribution is -0.140. The topological polar surface area (TPSA) is 72.6 Å². The molecule has 1 aliphatic heterocycles. The van der Waals surface area contributed by atoms with Crippen LogP contribution in [0.25, 0.3) is 0 Å². The number of likely N-dealkylation sites (tertiary alicyclic amines) is 1. The summed E-state index contributed by atoms with van der Waals surface area (Å²) in [5.74, 6) is 0.274. The molecule has 0 bridgehead atoms. The van der Waals surface area contributed by atoms with Gasteiger partial charge in [0.05, 0.1) is 0 Å². The van der Waals surface area contributed by atoms with Gasteiger partial charge < -0.3 is 15.4 Å². The molecule has 0 aliphatic carbocycles. The maximum Gasteiger partial charge on any atom is 0.263 e. The molecule has 21 heavy (non-hydrogen) atoms. The number of nitrogens with two attached hydrogens (primary N) is 1. The Bertz CT molecular complexity index is 522. The smallest absolute Gasteiger partial charge is 0.263 e. The van der Waals surface area contributed by atoms with Crippen LogP contribution in [0.2, 0.25) is 0 Å². The highest BCUT2D eigenvalue weighted by Gasteiger charge is 2.28. The molecule has 1 aromatic carbocycles. The average Bonchev–Trinajstić information content (AvgIpc) is 2.46. The molecule has 1 atom stereocenters. The molecule has 0 aromatic heterocycles. The maximum absolute atomic E-state index is 12.3. The van der Waals surface area contributed by atoms with E-state index in [1.54, 1.807) is 11.8 Å². The molecular weight excluding hydrogens is 268 g/mol. The zero-order chi connectivity index (χ0) is 15.4. The molecule has 5 heteroatoms. The minimum atomic E-state index is -0.531. The minimum absolute atomic E-state index is 0.0422. The predicted molar refractivity (Wildman–Crippen MR) is 79.8 cm³/mol. The van der Waals surface area contributed by atoms with E-state index in [2.05, 4.69) is 0 Å². The molecule has 0 spiro atoms. The zero-order valence-electron chi connectivity index (χ0n) is 12.5. The number of nitrogens with zero attached hydrogens (tertiary/aromatic N) is 1. The fourth-order valence-electron chi connectivity index (χ4n) is 2.58. The van der Waals surface area contributed by atoms with Crippen LogP contribution in [-0.2, 0) is 9.59 Å². The summed E-state index contributed by atoms with van der Waals surface area (Å²) >= 11 is 0. The Labute approximate surface area is 125 Å². The Hall–Kier alpha value is -2.04. The van der Waals surface area contributed by atoms with Gasteiger partial charge in [0.15, 0.2) is 6.10 Å². The van der Waals surface area contributed by atoms with Gasteiger partial charge in [-0.15, -0.1) is 0 Å². The third-order valence-electron chi connectivity index (χ3n) is 3.86. The molecule has 5 nitrogen and oxygen atoms in total. The molecule has 1 aliphatic rings. The van der Waals surface area contributed by atoms with Gasteiger partial charge in [-0.3, -0.25) is 9.59 Å². The Balaban J connectivity index is 1.90. The maximum atomic E-state index is 12.3. The first-order chi connectivity index (χ1) is 9.97. The number of piperidine rings is 1. The summed E-state index contributed by atoms with van der Waals surface area (Å²) in [6, 6.07) is 7.63. The number of benzene rings is 1. The molecule has 0 unspecified atom stereocenters. The first kappa shape index (κ1) is 15.4. The van der Waals surface area contributed by atoms with Crippen LogP contribution in [0.4, 0.5) is 0 Å². The number of aryl methyl sites for hydroxylation is 1. The van der Waals surface area contributed by atoms with Gasteiger partial charge in [-0.1, -0.05) is 12.1 Å². The Morgan fingerprint density at radius 2 is 2.00 bits per heavy atom. The van der Waals surface area contributed by atoms with E-state index in [1.165, 1.54) is 0 Å². The van der Waals surface area contributed by atoms with E-state index in [9.17, 15) is 9.59 Å². The first-order valence-corrected chi connectivity index (χ1v) is 7.29. The second kappa shape index (κ2) is 6.61. The number of primary amides is 1. The minimum Gasteiger partial charge on any atom is -0.481 e. The Morgan fingerprint density at radius 3 is 2.57 bits per heavy atom. The third-order valence-corrected chi connectivity index (χ3v) is 3.86. The standard InChI is InChI=1S/C16H22N2O3/c1-11-4-3-5-14(10-11)21-12(2)16(20)18-8-6-13(7-9-18)15(17)19/h3-5,10,12-13H,6-9H2,1-2H3,(H2,17,19)/t12-/m1/s1.